The summed E-state index contributed by atoms with van der Waals surface area (Å²) in [4.78, 5) is 69.9. The molecule has 3 atom stereocenters. The van der Waals surface area contributed by atoms with E-state index >= 15 is 0 Å². The molecule has 0 saturated carbocycles. The van der Waals surface area contributed by atoms with Gasteiger partial charge < -0.3 is 40.9 Å². The maximum atomic E-state index is 13.7. The first-order chi connectivity index (χ1) is 21.6. The highest BCUT2D eigenvalue weighted by atomic mass is 16.6. The van der Waals surface area contributed by atoms with Crippen LogP contribution >= 0.6 is 0 Å². The molecule has 2 unspecified atom stereocenters. The molecule has 1 aliphatic rings. The van der Waals surface area contributed by atoms with Gasteiger partial charge in [-0.25, -0.2) is 9.59 Å². The number of aliphatic carboxylic acids is 1. The molecule has 1 heterocycles. The van der Waals surface area contributed by atoms with Crippen molar-refractivity contribution in [1.29, 1.82) is 0 Å². The normalized spacial score (nSPS) is 16.4. The summed E-state index contributed by atoms with van der Waals surface area (Å²) in [5.41, 5.74) is 5.81. The Morgan fingerprint density at radius 3 is 2.20 bits per heavy atom. The summed E-state index contributed by atoms with van der Waals surface area (Å²) in [6.45, 7) is 9.49. The smallest absolute Gasteiger partial charge is 0.407 e. The highest BCUT2D eigenvalue weighted by Crippen LogP contribution is 2.19. The van der Waals surface area contributed by atoms with Crippen molar-refractivity contribution in [3.63, 3.8) is 0 Å². The minimum atomic E-state index is -1.26. The number of primary amides is 1. The van der Waals surface area contributed by atoms with Crippen LogP contribution in [0, 0.1) is 0 Å². The van der Waals surface area contributed by atoms with Gasteiger partial charge in [0.15, 0.2) is 0 Å². The van der Waals surface area contributed by atoms with Gasteiger partial charge in [0, 0.05) is 45.8 Å². The summed E-state index contributed by atoms with van der Waals surface area (Å²) >= 11 is 0. The number of benzene rings is 1. The molecule has 0 bridgehead atoms. The van der Waals surface area contributed by atoms with Crippen LogP contribution in [0.15, 0.2) is 30.3 Å². The number of nitrogens with two attached hydrogens (primary N) is 1. The average molecular weight is 648 g/mol. The second kappa shape index (κ2) is 18.4. The van der Waals surface area contributed by atoms with Crippen LogP contribution in [0.3, 0.4) is 0 Å². The van der Waals surface area contributed by atoms with Crippen molar-refractivity contribution in [3.05, 3.63) is 35.9 Å². The summed E-state index contributed by atoms with van der Waals surface area (Å²) in [5, 5.41) is 15.0. The van der Waals surface area contributed by atoms with Crippen LogP contribution in [0.1, 0.15) is 45.6 Å². The highest BCUT2D eigenvalue weighted by molar-refractivity contribution is 5.95. The Morgan fingerprint density at radius 1 is 1.00 bits per heavy atom. The molecular weight excluding hydrogens is 594 g/mol. The number of amides is 4. The number of carbonyl (C=O) groups is 5. The fourth-order valence-electron chi connectivity index (χ4n) is 5.15. The second-order valence-corrected chi connectivity index (χ2v) is 13.0. The molecule has 0 spiro atoms. The van der Waals surface area contributed by atoms with Crippen LogP contribution in [-0.4, -0.2) is 145 Å². The molecule has 4 amide bonds. The van der Waals surface area contributed by atoms with Crippen LogP contribution in [0.4, 0.5) is 4.79 Å². The van der Waals surface area contributed by atoms with E-state index in [9.17, 15) is 29.1 Å². The number of ether oxygens (including phenoxy) is 1. The Morgan fingerprint density at radius 2 is 1.61 bits per heavy atom. The van der Waals surface area contributed by atoms with Crippen molar-refractivity contribution in [1.82, 2.24) is 30.2 Å². The van der Waals surface area contributed by atoms with Crippen LogP contribution < -0.4 is 16.4 Å². The lowest BCUT2D eigenvalue weighted by Crippen LogP contribution is -2.57. The number of carboxylic acid groups (broad SMARTS) is 1. The molecule has 1 aromatic rings. The summed E-state index contributed by atoms with van der Waals surface area (Å²) < 4.78 is 5.26. The number of nitrogens with zero attached hydrogens (tertiary/aromatic N) is 4. The van der Waals surface area contributed by atoms with E-state index in [2.05, 4.69) is 20.4 Å². The molecule has 5 N–H and O–H groups in total. The number of carboxylic acids is 1. The molecule has 2 rings (SSSR count). The Kier molecular flexibility index (Phi) is 15.4. The first kappa shape index (κ1) is 38.4. The van der Waals surface area contributed by atoms with E-state index in [1.165, 1.54) is 4.90 Å². The number of likely N-dealkylation sites (tertiary alicyclic amines) is 1. The van der Waals surface area contributed by atoms with E-state index in [0.29, 0.717) is 45.4 Å². The van der Waals surface area contributed by atoms with Gasteiger partial charge in [-0.1, -0.05) is 30.3 Å². The standard InChI is InChI=1S/C32H53N7O7/c1-32(2,3)46-31(45)34-14-16-36(4)17-18-37(5)19-20-38(6)26(21-23-11-8-7-9-12-23)28(41)35-24(22-27(33)40)29(42)39-15-10-13-25(39)30(43)44/h7-9,11-12,24-26H,10,13-22H2,1-6H3,(H2,33,40)(H,34,45)(H,35,41)(H,43,44)/t24?,25-,26?/m0/s1. The highest BCUT2D eigenvalue weighted by Gasteiger charge is 2.39. The molecule has 1 fully saturated rings. The van der Waals surface area contributed by atoms with E-state index in [-0.39, 0.29) is 6.54 Å². The first-order valence-corrected chi connectivity index (χ1v) is 15.8. The summed E-state index contributed by atoms with van der Waals surface area (Å²) in [6, 6.07) is 6.56. The summed E-state index contributed by atoms with van der Waals surface area (Å²) in [7, 11) is 5.80. The molecular formula is C32H53N7O7. The maximum absolute atomic E-state index is 13.7. The Bertz CT molecular complexity index is 1160. The minimum Gasteiger partial charge on any atom is -0.480 e. The third-order valence-corrected chi connectivity index (χ3v) is 7.81. The van der Waals surface area contributed by atoms with Gasteiger partial charge >= 0.3 is 12.1 Å². The van der Waals surface area contributed by atoms with Crippen LogP contribution in [0.5, 0.6) is 0 Å². The van der Waals surface area contributed by atoms with Gasteiger partial charge in [-0.2, -0.15) is 0 Å². The lowest BCUT2D eigenvalue weighted by molar-refractivity contribution is -0.149. The van der Waals surface area contributed by atoms with E-state index in [0.717, 1.165) is 18.7 Å². The van der Waals surface area contributed by atoms with Crippen molar-refractivity contribution in [3.8, 4) is 0 Å². The quantitative estimate of drug-likeness (QED) is 0.174. The SMILES string of the molecule is CN(CCNC(=O)OC(C)(C)C)CCN(C)CCN(C)C(Cc1ccccc1)C(=O)NC(CC(N)=O)C(=O)N1CCC[C@H]1C(=O)O. The molecule has 46 heavy (non-hydrogen) atoms. The molecule has 0 aromatic heterocycles. The van der Waals surface area contributed by atoms with Gasteiger partial charge in [0.2, 0.25) is 17.7 Å². The lowest BCUT2D eigenvalue weighted by atomic mass is 10.0. The number of alkyl carbamates (subject to hydrolysis) is 1. The van der Waals surface area contributed by atoms with E-state index in [1.54, 1.807) is 0 Å². The van der Waals surface area contributed by atoms with E-state index in [4.69, 9.17) is 10.5 Å². The molecule has 0 radical (unpaired) electrons. The van der Waals surface area contributed by atoms with Gasteiger partial charge in [0.1, 0.15) is 17.7 Å². The number of likely N-dealkylation sites (N-methyl/N-ethyl adjacent to an activating group) is 3. The van der Waals surface area contributed by atoms with E-state index < -0.39 is 59.9 Å². The zero-order chi connectivity index (χ0) is 34.4. The van der Waals surface area contributed by atoms with Crippen molar-refractivity contribution in [2.24, 2.45) is 5.73 Å². The fraction of sp³-hybridized carbons (Fsp3) is 0.656. The van der Waals surface area contributed by atoms with Crippen molar-refractivity contribution in [2.75, 3.05) is 67.0 Å². The second-order valence-electron chi connectivity index (χ2n) is 13.0. The predicted molar refractivity (Wildman–Crippen MR) is 174 cm³/mol. The number of carbonyl (C=O) groups excluding carboxylic acids is 4. The summed E-state index contributed by atoms with van der Waals surface area (Å²) in [6.07, 6.45) is 0.314. The van der Waals surface area contributed by atoms with Gasteiger partial charge in [0.05, 0.1) is 12.5 Å². The van der Waals surface area contributed by atoms with Crippen molar-refractivity contribution < 1.29 is 33.8 Å². The third kappa shape index (κ3) is 13.7. The number of hydrogen-bond donors (Lipinski definition) is 4. The van der Waals surface area contributed by atoms with Gasteiger partial charge in [-0.05, 0) is 66.7 Å². The monoisotopic (exact) mass is 647 g/mol. The van der Waals surface area contributed by atoms with Crippen molar-refractivity contribution >= 4 is 29.8 Å². The topological polar surface area (TPSA) is 178 Å². The van der Waals surface area contributed by atoms with Crippen molar-refractivity contribution in [2.45, 2.75) is 70.2 Å². The van der Waals surface area contributed by atoms with Gasteiger partial charge in [-0.3, -0.25) is 19.3 Å². The third-order valence-electron chi connectivity index (χ3n) is 7.81. The van der Waals surface area contributed by atoms with Gasteiger partial charge in [-0.15, -0.1) is 0 Å². The molecule has 14 nitrogen and oxygen atoms in total. The fourth-order valence-corrected chi connectivity index (χ4v) is 5.15. The predicted octanol–water partition coefficient (Wildman–Crippen LogP) is 0.354. The average Bonchev–Trinajstić information content (AvgIpc) is 3.47. The van der Waals surface area contributed by atoms with Crippen LogP contribution in [-0.2, 0) is 30.3 Å². The Hall–Kier alpha value is -3.75. The molecule has 1 saturated heterocycles. The molecule has 258 valence electrons. The van der Waals surface area contributed by atoms with Crippen LogP contribution in [0.25, 0.3) is 0 Å². The lowest BCUT2D eigenvalue weighted by Gasteiger charge is -2.32. The first-order valence-electron chi connectivity index (χ1n) is 15.8. The molecule has 14 heteroatoms. The number of rotatable bonds is 18. The van der Waals surface area contributed by atoms with Crippen LogP contribution in [0.2, 0.25) is 0 Å². The Labute approximate surface area is 272 Å². The molecule has 1 aliphatic heterocycles. The molecule has 1 aromatic carbocycles. The number of nitrogens with one attached hydrogen (secondary N) is 2. The zero-order valence-electron chi connectivity index (χ0n) is 28.2. The largest absolute Gasteiger partial charge is 0.480 e. The maximum Gasteiger partial charge on any atom is 0.407 e. The molecule has 0 aliphatic carbocycles. The Balaban J connectivity index is 2.00. The van der Waals surface area contributed by atoms with Gasteiger partial charge in [0.25, 0.3) is 0 Å². The minimum absolute atomic E-state index is 0.232. The van der Waals surface area contributed by atoms with E-state index in [1.807, 2.05) is 77.1 Å². The number of hydrogen-bond acceptors (Lipinski definition) is 9. The zero-order valence-corrected chi connectivity index (χ0v) is 28.2. The summed E-state index contributed by atoms with van der Waals surface area (Å²) in [5.74, 6) is -2.96.